The van der Waals surface area contributed by atoms with Gasteiger partial charge in [0, 0.05) is 18.3 Å². The minimum atomic E-state index is -3.63. The maximum Gasteiger partial charge on any atom is 0.338 e. The molecule has 0 aliphatic carbocycles. The Balaban J connectivity index is 2.10. The fourth-order valence-electron chi connectivity index (χ4n) is 2.69. The van der Waals surface area contributed by atoms with Crippen LogP contribution in [-0.4, -0.2) is 43.7 Å². The summed E-state index contributed by atoms with van der Waals surface area (Å²) in [6, 6.07) is 12.6. The number of hydrogen-bond donors (Lipinski definition) is 1. The molecule has 2 aromatic carbocycles. The van der Waals surface area contributed by atoms with E-state index in [1.165, 1.54) is 6.92 Å². The van der Waals surface area contributed by atoms with E-state index in [4.69, 9.17) is 8.92 Å². The van der Waals surface area contributed by atoms with Gasteiger partial charge in [-0.15, -0.1) is 0 Å². The van der Waals surface area contributed by atoms with E-state index < -0.39 is 16.1 Å². The molecule has 0 bridgehead atoms. The summed E-state index contributed by atoms with van der Waals surface area (Å²) in [5, 5.41) is 2.81. The summed E-state index contributed by atoms with van der Waals surface area (Å²) in [4.78, 5) is 26.2. The van der Waals surface area contributed by atoms with Crippen molar-refractivity contribution in [2.45, 2.75) is 40.3 Å². The minimum Gasteiger partial charge on any atom is -0.462 e. The van der Waals surface area contributed by atoms with Crippen molar-refractivity contribution in [1.29, 1.82) is 0 Å². The second-order valence-electron chi connectivity index (χ2n) is 7.03. The lowest BCUT2D eigenvalue weighted by atomic mass is 10.2. The topological polar surface area (TPSA) is 102 Å². The monoisotopic (exact) mass is 448 g/mol. The normalized spacial score (nSPS) is 11.1. The third kappa shape index (κ3) is 7.29. The van der Waals surface area contributed by atoms with E-state index >= 15 is 0 Å². The van der Waals surface area contributed by atoms with Crippen LogP contribution in [-0.2, 0) is 21.4 Å². The van der Waals surface area contributed by atoms with Gasteiger partial charge in [-0.2, -0.15) is 8.42 Å². The van der Waals surface area contributed by atoms with E-state index in [1.54, 1.807) is 60.4 Å². The fourth-order valence-corrected chi connectivity index (χ4v) is 3.20. The van der Waals surface area contributed by atoms with Crippen LogP contribution < -0.4 is 9.50 Å². The van der Waals surface area contributed by atoms with Crippen molar-refractivity contribution in [2.24, 2.45) is 0 Å². The van der Waals surface area contributed by atoms with Gasteiger partial charge in [0.2, 0.25) is 0 Å². The van der Waals surface area contributed by atoms with Crippen LogP contribution in [0.25, 0.3) is 0 Å². The number of hydrogen-bond acceptors (Lipinski definition) is 6. The van der Waals surface area contributed by atoms with E-state index in [1.807, 2.05) is 13.8 Å². The van der Waals surface area contributed by atoms with Gasteiger partial charge in [0.1, 0.15) is 5.75 Å². The molecule has 0 atom stereocenters. The highest BCUT2D eigenvalue weighted by molar-refractivity contribution is 7.87. The lowest BCUT2D eigenvalue weighted by Crippen LogP contribution is -2.39. The van der Waals surface area contributed by atoms with Crippen LogP contribution in [0.15, 0.2) is 48.5 Å². The molecule has 2 amide bonds. The Hall–Kier alpha value is -3.07. The second-order valence-corrected chi connectivity index (χ2v) is 8.89. The van der Waals surface area contributed by atoms with Gasteiger partial charge in [0.25, 0.3) is 0 Å². The number of anilines is 1. The van der Waals surface area contributed by atoms with Crippen LogP contribution >= 0.6 is 0 Å². The van der Waals surface area contributed by atoms with Gasteiger partial charge < -0.3 is 19.1 Å². The molecule has 0 saturated heterocycles. The molecule has 168 valence electrons. The van der Waals surface area contributed by atoms with Crippen LogP contribution in [0.1, 0.15) is 43.6 Å². The van der Waals surface area contributed by atoms with E-state index in [9.17, 15) is 18.0 Å². The van der Waals surface area contributed by atoms with Crippen molar-refractivity contribution >= 4 is 27.8 Å². The zero-order chi connectivity index (χ0) is 23.0. The molecule has 0 fully saturated rings. The van der Waals surface area contributed by atoms with Crippen LogP contribution in [0.5, 0.6) is 5.75 Å². The first kappa shape index (κ1) is 24.2. The van der Waals surface area contributed by atoms with Gasteiger partial charge in [0.15, 0.2) is 0 Å². The van der Waals surface area contributed by atoms with Crippen LogP contribution in [0.2, 0.25) is 0 Å². The van der Waals surface area contributed by atoms with E-state index in [-0.39, 0.29) is 36.7 Å². The molecular weight excluding hydrogens is 420 g/mol. The molecule has 0 radical (unpaired) electrons. The highest BCUT2D eigenvalue weighted by Crippen LogP contribution is 2.19. The Morgan fingerprint density at radius 3 is 2.32 bits per heavy atom. The maximum absolute atomic E-state index is 12.8. The second kappa shape index (κ2) is 10.8. The molecule has 2 rings (SSSR count). The predicted molar refractivity (Wildman–Crippen MR) is 119 cm³/mol. The Kier molecular flexibility index (Phi) is 8.44. The highest BCUT2D eigenvalue weighted by Gasteiger charge is 2.19. The number of esters is 1. The molecule has 0 aromatic heterocycles. The Morgan fingerprint density at radius 1 is 1.06 bits per heavy atom. The number of nitrogens with one attached hydrogen (secondary N) is 1. The quantitative estimate of drug-likeness (QED) is 0.459. The Morgan fingerprint density at radius 2 is 1.74 bits per heavy atom. The van der Waals surface area contributed by atoms with Gasteiger partial charge in [-0.1, -0.05) is 12.1 Å². The number of amides is 2. The summed E-state index contributed by atoms with van der Waals surface area (Å²) in [6.07, 6.45) is 0. The van der Waals surface area contributed by atoms with Crippen molar-refractivity contribution in [1.82, 2.24) is 4.90 Å². The lowest BCUT2D eigenvalue weighted by molar-refractivity contribution is 0.0526. The fraction of sp³-hybridized carbons (Fsp3) is 0.364. The molecule has 9 heteroatoms. The van der Waals surface area contributed by atoms with E-state index in [0.29, 0.717) is 11.3 Å². The third-order valence-electron chi connectivity index (χ3n) is 4.36. The summed E-state index contributed by atoms with van der Waals surface area (Å²) in [6.45, 7) is 7.54. The summed E-state index contributed by atoms with van der Waals surface area (Å²) >= 11 is 0. The largest absolute Gasteiger partial charge is 0.462 e. The van der Waals surface area contributed by atoms with Gasteiger partial charge in [0.05, 0.1) is 17.9 Å². The maximum atomic E-state index is 12.8. The minimum absolute atomic E-state index is 0.122. The zero-order valence-corrected chi connectivity index (χ0v) is 18.9. The van der Waals surface area contributed by atoms with Crippen molar-refractivity contribution in [3.05, 3.63) is 59.7 Å². The number of carbonyl (C=O) groups excluding carboxylic acids is 2. The molecule has 2 aromatic rings. The first-order chi connectivity index (χ1) is 14.6. The third-order valence-corrected chi connectivity index (χ3v) is 5.51. The zero-order valence-electron chi connectivity index (χ0n) is 18.1. The standard InChI is InChI=1S/C22H28N2O6S/c1-5-29-21(25)18-10-12-19(13-11-18)23-22(26)24(16(3)4)15-17-8-7-9-20(14-17)30-31(27,28)6-2/h7-14,16H,5-6,15H2,1-4H3,(H,23,26). The lowest BCUT2D eigenvalue weighted by Gasteiger charge is -2.27. The first-order valence-electron chi connectivity index (χ1n) is 10.0. The molecule has 0 spiro atoms. The molecular formula is C22H28N2O6S. The number of carbonyl (C=O) groups is 2. The van der Waals surface area contributed by atoms with Gasteiger partial charge in [-0.3, -0.25) is 0 Å². The number of benzene rings is 2. The van der Waals surface area contributed by atoms with Crippen molar-refractivity contribution in [2.75, 3.05) is 17.7 Å². The molecule has 0 saturated carbocycles. The first-order valence-corrected chi connectivity index (χ1v) is 11.6. The smallest absolute Gasteiger partial charge is 0.338 e. The highest BCUT2D eigenvalue weighted by atomic mass is 32.2. The molecule has 0 aliphatic heterocycles. The molecule has 0 heterocycles. The van der Waals surface area contributed by atoms with Crippen molar-refractivity contribution in [3.63, 3.8) is 0 Å². The van der Waals surface area contributed by atoms with Gasteiger partial charge in [-0.25, -0.2) is 9.59 Å². The summed E-state index contributed by atoms with van der Waals surface area (Å²) in [5.41, 5.74) is 1.67. The molecule has 0 aliphatic rings. The average molecular weight is 449 g/mol. The summed E-state index contributed by atoms with van der Waals surface area (Å²) in [5.74, 6) is -0.346. The van der Waals surface area contributed by atoms with Crippen molar-refractivity contribution in [3.8, 4) is 5.75 Å². The molecule has 8 nitrogen and oxygen atoms in total. The van der Waals surface area contributed by atoms with Crippen molar-refractivity contribution < 1.29 is 26.9 Å². The Labute approximate surface area is 183 Å². The van der Waals surface area contributed by atoms with Crippen LogP contribution in [0.4, 0.5) is 10.5 Å². The summed E-state index contributed by atoms with van der Waals surface area (Å²) in [7, 11) is -3.63. The predicted octanol–water partition coefficient (Wildman–Crippen LogP) is 4.03. The molecule has 31 heavy (non-hydrogen) atoms. The molecule has 1 N–H and O–H groups in total. The Bertz CT molecular complexity index is 1000. The molecule has 0 unspecified atom stereocenters. The van der Waals surface area contributed by atoms with Gasteiger partial charge >= 0.3 is 22.1 Å². The van der Waals surface area contributed by atoms with Gasteiger partial charge in [-0.05, 0) is 69.7 Å². The number of ether oxygens (including phenoxy) is 1. The van der Waals surface area contributed by atoms with E-state index in [0.717, 1.165) is 5.56 Å². The average Bonchev–Trinajstić information content (AvgIpc) is 2.72. The van der Waals surface area contributed by atoms with E-state index in [2.05, 4.69) is 5.32 Å². The van der Waals surface area contributed by atoms with Crippen LogP contribution in [0, 0.1) is 0 Å². The number of urea groups is 1. The number of rotatable bonds is 9. The summed E-state index contributed by atoms with van der Waals surface area (Å²) < 4.78 is 33.4. The van der Waals surface area contributed by atoms with Crippen LogP contribution in [0.3, 0.4) is 0 Å². The number of nitrogens with zero attached hydrogens (tertiary/aromatic N) is 1. The SMILES string of the molecule is CCOC(=O)c1ccc(NC(=O)N(Cc2cccc(OS(=O)(=O)CC)c2)C(C)C)cc1.